The maximum atomic E-state index is 14.7. The SMILES string of the molecule is CCC1Cc2ccc(-c3cc(F)c(C(F)(F)Oc4cc(F)c(OC(F)(F)F)c(F)c4)c(F)c3)cc2C1. The molecule has 11 heteroatoms. The van der Waals surface area contributed by atoms with Crippen molar-refractivity contribution in [2.75, 3.05) is 0 Å². The molecule has 0 bridgehead atoms. The van der Waals surface area contributed by atoms with E-state index in [1.54, 1.807) is 12.1 Å². The van der Waals surface area contributed by atoms with Crippen LogP contribution < -0.4 is 9.47 Å². The molecule has 0 aromatic heterocycles. The molecule has 0 N–H and O–H groups in total. The number of fused-ring (bicyclic) bond motifs is 1. The number of halogens is 9. The van der Waals surface area contributed by atoms with Gasteiger partial charge in [0.25, 0.3) is 0 Å². The van der Waals surface area contributed by atoms with Crippen molar-refractivity contribution >= 4 is 0 Å². The predicted molar refractivity (Wildman–Crippen MR) is 111 cm³/mol. The van der Waals surface area contributed by atoms with Crippen LogP contribution in [0.3, 0.4) is 0 Å². The van der Waals surface area contributed by atoms with Crippen LogP contribution in [0.15, 0.2) is 42.5 Å². The van der Waals surface area contributed by atoms with Gasteiger partial charge < -0.3 is 9.47 Å². The first-order chi connectivity index (χ1) is 16.8. The van der Waals surface area contributed by atoms with Gasteiger partial charge in [-0.1, -0.05) is 31.5 Å². The first-order valence-electron chi connectivity index (χ1n) is 10.7. The normalized spacial score (nSPS) is 15.7. The van der Waals surface area contributed by atoms with Crippen molar-refractivity contribution in [3.8, 4) is 22.6 Å². The molecule has 3 aromatic rings. The van der Waals surface area contributed by atoms with Gasteiger partial charge in [-0.3, -0.25) is 0 Å². The standard InChI is InChI=1S/C25H17F9O2/c1-2-12-5-13-3-4-14(7-15(13)6-12)16-8-18(26)22(19(27)9-16)24(30,31)35-17-10-20(28)23(21(29)11-17)36-25(32,33)34/h3-4,7-12H,2,5-6H2,1H3. The lowest BCUT2D eigenvalue weighted by Gasteiger charge is -2.20. The minimum Gasteiger partial charge on any atom is -0.429 e. The molecule has 0 heterocycles. The molecule has 0 aliphatic heterocycles. The summed E-state index contributed by atoms with van der Waals surface area (Å²) < 4.78 is 130. The number of rotatable bonds is 6. The van der Waals surface area contributed by atoms with Crippen LogP contribution in [-0.2, 0) is 19.0 Å². The summed E-state index contributed by atoms with van der Waals surface area (Å²) in [4.78, 5) is 0. The summed E-state index contributed by atoms with van der Waals surface area (Å²) in [7, 11) is 0. The van der Waals surface area contributed by atoms with Crippen molar-refractivity contribution < 1.29 is 49.0 Å². The third-order valence-corrected chi connectivity index (χ3v) is 5.90. The topological polar surface area (TPSA) is 18.5 Å². The molecule has 3 aromatic carbocycles. The van der Waals surface area contributed by atoms with E-state index >= 15 is 0 Å². The van der Waals surface area contributed by atoms with Crippen molar-refractivity contribution in [3.05, 3.63) is 82.4 Å². The van der Waals surface area contributed by atoms with E-state index in [1.165, 1.54) is 0 Å². The van der Waals surface area contributed by atoms with E-state index in [0.717, 1.165) is 30.4 Å². The third kappa shape index (κ3) is 5.24. The Morgan fingerprint density at radius 1 is 0.722 bits per heavy atom. The van der Waals surface area contributed by atoms with Crippen LogP contribution in [0.4, 0.5) is 39.5 Å². The fourth-order valence-corrected chi connectivity index (χ4v) is 4.20. The van der Waals surface area contributed by atoms with Crippen LogP contribution in [0.2, 0.25) is 0 Å². The Balaban J connectivity index is 1.62. The largest absolute Gasteiger partial charge is 0.573 e. The third-order valence-electron chi connectivity index (χ3n) is 5.90. The zero-order valence-electron chi connectivity index (χ0n) is 18.5. The van der Waals surface area contributed by atoms with Crippen molar-refractivity contribution in [3.63, 3.8) is 0 Å². The summed E-state index contributed by atoms with van der Waals surface area (Å²) in [5.41, 5.74) is 0.658. The van der Waals surface area contributed by atoms with E-state index in [-0.39, 0.29) is 17.7 Å². The molecule has 0 radical (unpaired) electrons. The number of alkyl halides is 5. The molecule has 1 atom stereocenters. The van der Waals surface area contributed by atoms with Gasteiger partial charge in [-0.05, 0) is 53.1 Å². The Bertz CT molecular complexity index is 1260. The fourth-order valence-electron chi connectivity index (χ4n) is 4.20. The summed E-state index contributed by atoms with van der Waals surface area (Å²) in [5, 5.41) is 0. The molecule has 0 saturated heterocycles. The molecule has 36 heavy (non-hydrogen) atoms. The lowest BCUT2D eigenvalue weighted by Crippen LogP contribution is -2.25. The minimum atomic E-state index is -5.46. The van der Waals surface area contributed by atoms with Gasteiger partial charge in [-0.2, -0.15) is 8.78 Å². The van der Waals surface area contributed by atoms with Crippen molar-refractivity contribution in [1.82, 2.24) is 0 Å². The summed E-state index contributed by atoms with van der Waals surface area (Å²) in [6, 6.07) is 6.46. The summed E-state index contributed by atoms with van der Waals surface area (Å²) >= 11 is 0. The van der Waals surface area contributed by atoms with Gasteiger partial charge in [0.1, 0.15) is 22.9 Å². The Hall–Kier alpha value is -3.37. The Labute approximate surface area is 199 Å². The molecule has 0 amide bonds. The molecule has 192 valence electrons. The molecular weight excluding hydrogens is 503 g/mol. The van der Waals surface area contributed by atoms with E-state index < -0.39 is 52.8 Å². The van der Waals surface area contributed by atoms with Gasteiger partial charge in [0.05, 0.1) is 0 Å². The smallest absolute Gasteiger partial charge is 0.429 e. The quantitative estimate of drug-likeness (QED) is 0.306. The number of ether oxygens (including phenoxy) is 2. The lowest BCUT2D eigenvalue weighted by atomic mass is 9.98. The van der Waals surface area contributed by atoms with Gasteiger partial charge in [-0.15, -0.1) is 13.2 Å². The Morgan fingerprint density at radius 2 is 1.31 bits per heavy atom. The van der Waals surface area contributed by atoms with E-state index in [4.69, 9.17) is 0 Å². The number of hydrogen-bond donors (Lipinski definition) is 0. The van der Waals surface area contributed by atoms with E-state index in [2.05, 4.69) is 16.4 Å². The summed E-state index contributed by atoms with van der Waals surface area (Å²) in [6.07, 6.45) is -7.61. The zero-order valence-corrected chi connectivity index (χ0v) is 18.5. The second-order valence-electron chi connectivity index (χ2n) is 8.36. The average molecular weight is 520 g/mol. The van der Waals surface area contributed by atoms with Crippen LogP contribution >= 0.6 is 0 Å². The molecule has 1 aliphatic carbocycles. The van der Waals surface area contributed by atoms with E-state index in [1.807, 2.05) is 6.07 Å². The molecule has 0 saturated carbocycles. The van der Waals surface area contributed by atoms with E-state index in [9.17, 15) is 39.5 Å². The van der Waals surface area contributed by atoms with Crippen molar-refractivity contribution in [2.24, 2.45) is 5.92 Å². The average Bonchev–Trinajstić information content (AvgIpc) is 3.17. The van der Waals surface area contributed by atoms with Gasteiger partial charge in [0, 0.05) is 12.1 Å². The molecule has 1 unspecified atom stereocenters. The zero-order chi connectivity index (χ0) is 26.4. The number of benzene rings is 3. The van der Waals surface area contributed by atoms with Gasteiger partial charge >= 0.3 is 12.5 Å². The monoisotopic (exact) mass is 520 g/mol. The second kappa shape index (κ2) is 9.25. The lowest BCUT2D eigenvalue weighted by molar-refractivity contribution is -0.276. The summed E-state index contributed by atoms with van der Waals surface area (Å²) in [6.45, 7) is 2.05. The van der Waals surface area contributed by atoms with Crippen LogP contribution in [0, 0.1) is 29.2 Å². The Morgan fingerprint density at radius 3 is 1.86 bits per heavy atom. The second-order valence-corrected chi connectivity index (χ2v) is 8.36. The molecule has 2 nitrogen and oxygen atoms in total. The molecule has 0 spiro atoms. The highest BCUT2D eigenvalue weighted by atomic mass is 19.4. The predicted octanol–water partition coefficient (Wildman–Crippen LogP) is 8.06. The van der Waals surface area contributed by atoms with E-state index in [0.29, 0.717) is 23.6 Å². The fraction of sp³-hybridized carbons (Fsp3) is 0.280. The maximum absolute atomic E-state index is 14.7. The molecule has 0 fully saturated rings. The molecule has 1 aliphatic rings. The first kappa shape index (κ1) is 25.7. The van der Waals surface area contributed by atoms with Crippen molar-refractivity contribution in [2.45, 2.75) is 38.7 Å². The van der Waals surface area contributed by atoms with Crippen LogP contribution in [0.5, 0.6) is 11.5 Å². The van der Waals surface area contributed by atoms with Crippen LogP contribution in [0.1, 0.15) is 30.0 Å². The maximum Gasteiger partial charge on any atom is 0.573 e. The number of hydrogen-bond acceptors (Lipinski definition) is 2. The highest BCUT2D eigenvalue weighted by molar-refractivity contribution is 5.66. The van der Waals surface area contributed by atoms with Gasteiger partial charge in [0.15, 0.2) is 11.6 Å². The highest BCUT2D eigenvalue weighted by Gasteiger charge is 2.42. The Kier molecular flexibility index (Phi) is 6.61. The highest BCUT2D eigenvalue weighted by Crippen LogP contribution is 2.40. The van der Waals surface area contributed by atoms with Crippen LogP contribution in [0.25, 0.3) is 11.1 Å². The van der Waals surface area contributed by atoms with Gasteiger partial charge in [-0.25, -0.2) is 17.6 Å². The van der Waals surface area contributed by atoms with Crippen molar-refractivity contribution in [1.29, 1.82) is 0 Å². The summed E-state index contributed by atoms with van der Waals surface area (Å²) in [5.74, 6) is -10.2. The van der Waals surface area contributed by atoms with Crippen LogP contribution in [-0.4, -0.2) is 6.36 Å². The first-order valence-corrected chi connectivity index (χ1v) is 10.7. The van der Waals surface area contributed by atoms with Gasteiger partial charge in [0.2, 0.25) is 5.75 Å². The molecule has 4 rings (SSSR count). The minimum absolute atomic E-state index is 0.0157. The molecular formula is C25H17F9O2.